The minimum absolute atomic E-state index is 0.447. The average Bonchev–Trinajstić information content (AvgIpc) is 2.83. The maximum absolute atomic E-state index is 6.00. The summed E-state index contributed by atoms with van der Waals surface area (Å²) in [6.45, 7) is 0. The molecule has 0 amide bonds. The number of rotatable bonds is 1. The van der Waals surface area contributed by atoms with Gasteiger partial charge in [0.2, 0.25) is 0 Å². The Morgan fingerprint density at radius 3 is 2.94 bits per heavy atom. The van der Waals surface area contributed by atoms with Crippen LogP contribution in [0.15, 0.2) is 41.1 Å². The highest BCUT2D eigenvalue weighted by molar-refractivity contribution is 6.34. The van der Waals surface area contributed by atoms with Crippen LogP contribution in [-0.2, 0) is 0 Å². The van der Waals surface area contributed by atoms with Crippen LogP contribution >= 0.6 is 11.6 Å². The molecule has 0 aliphatic carbocycles. The van der Waals surface area contributed by atoms with Gasteiger partial charge in [-0.25, -0.2) is 9.97 Å². The Morgan fingerprint density at radius 2 is 2.12 bits per heavy atom. The number of halogens is 1. The van der Waals surface area contributed by atoms with Gasteiger partial charge in [-0.05, 0) is 30.3 Å². The van der Waals surface area contributed by atoms with Crippen molar-refractivity contribution in [1.29, 1.82) is 0 Å². The van der Waals surface area contributed by atoms with Crippen LogP contribution in [0.5, 0.6) is 0 Å². The zero-order chi connectivity index (χ0) is 11.0. The Hall–Kier alpha value is -1.87. The zero-order valence-electron chi connectivity index (χ0n) is 8.14. The fourth-order valence-corrected chi connectivity index (χ4v) is 1.77. The molecule has 1 aromatic carbocycles. The number of nitrogens with zero attached hydrogens (tertiary/aromatic N) is 2. The lowest BCUT2D eigenvalue weighted by molar-refractivity contribution is 0.573. The molecule has 0 fully saturated rings. The van der Waals surface area contributed by atoms with E-state index < -0.39 is 0 Å². The molecule has 3 aromatic rings. The van der Waals surface area contributed by atoms with Gasteiger partial charge in [0.25, 0.3) is 0 Å². The van der Waals surface area contributed by atoms with Gasteiger partial charge in [-0.2, -0.15) is 0 Å². The molecule has 0 saturated heterocycles. The second kappa shape index (κ2) is 3.61. The molecule has 0 unspecified atom stereocenters. The largest absolute Gasteiger partial charge is 0.453 e. The number of fused-ring (bicyclic) bond motifs is 1. The Kier molecular flexibility index (Phi) is 2.11. The Labute approximate surface area is 96.7 Å². The van der Waals surface area contributed by atoms with Crippen LogP contribution in [0.25, 0.3) is 22.2 Å². The molecule has 0 aliphatic heterocycles. The van der Waals surface area contributed by atoms with E-state index in [0.29, 0.717) is 5.15 Å². The van der Waals surface area contributed by atoms with Gasteiger partial charge in [0.15, 0.2) is 6.26 Å². The fourth-order valence-electron chi connectivity index (χ4n) is 1.57. The highest BCUT2D eigenvalue weighted by atomic mass is 35.5. The molecule has 0 N–H and O–H groups in total. The van der Waals surface area contributed by atoms with Gasteiger partial charge in [-0.3, -0.25) is 0 Å². The van der Waals surface area contributed by atoms with Crippen LogP contribution in [0.3, 0.4) is 0 Å². The monoisotopic (exact) mass is 229 g/mol. The van der Waals surface area contributed by atoms with E-state index in [0.717, 1.165) is 22.2 Å². The molecule has 16 heavy (non-hydrogen) atoms. The van der Waals surface area contributed by atoms with E-state index in [4.69, 9.17) is 16.0 Å². The summed E-state index contributed by atoms with van der Waals surface area (Å²) in [5, 5.41) is 1.26. The van der Waals surface area contributed by atoms with Gasteiger partial charge in [-0.15, -0.1) is 0 Å². The molecular weight excluding hydrogens is 224 g/mol. The molecule has 2 aromatic heterocycles. The summed E-state index contributed by atoms with van der Waals surface area (Å²) in [5.41, 5.74) is 1.75. The van der Waals surface area contributed by atoms with Crippen molar-refractivity contribution >= 4 is 22.5 Å². The minimum atomic E-state index is 0.447. The highest BCUT2D eigenvalue weighted by Gasteiger charge is 2.05. The second-order valence-corrected chi connectivity index (χ2v) is 3.67. The quantitative estimate of drug-likeness (QED) is 0.601. The van der Waals surface area contributed by atoms with Crippen LogP contribution in [0, 0.1) is 6.26 Å². The lowest BCUT2D eigenvalue weighted by atomic mass is 10.1. The van der Waals surface area contributed by atoms with Crippen LogP contribution in [0.1, 0.15) is 0 Å². The Bertz CT molecular complexity index is 635. The smallest absolute Gasteiger partial charge is 0.170 e. The van der Waals surface area contributed by atoms with Crippen molar-refractivity contribution in [3.63, 3.8) is 0 Å². The number of hydrogen-bond donors (Lipinski definition) is 0. The molecule has 0 spiro atoms. The predicted octanol–water partition coefficient (Wildman–Crippen LogP) is 3.34. The van der Waals surface area contributed by atoms with Crippen molar-refractivity contribution in [2.45, 2.75) is 0 Å². The van der Waals surface area contributed by atoms with E-state index in [-0.39, 0.29) is 0 Å². The van der Waals surface area contributed by atoms with Gasteiger partial charge in [-0.1, -0.05) is 11.6 Å². The van der Waals surface area contributed by atoms with Crippen molar-refractivity contribution in [2.24, 2.45) is 0 Å². The van der Waals surface area contributed by atoms with Crippen LogP contribution in [0.2, 0.25) is 5.15 Å². The molecule has 0 saturated carbocycles. The molecular formula is C12H6ClN2O. The molecule has 2 heterocycles. The average molecular weight is 230 g/mol. The van der Waals surface area contributed by atoms with Crippen LogP contribution < -0.4 is 0 Å². The third-order valence-electron chi connectivity index (χ3n) is 2.34. The van der Waals surface area contributed by atoms with Crippen molar-refractivity contribution in [3.05, 3.63) is 48.1 Å². The van der Waals surface area contributed by atoms with Crippen molar-refractivity contribution < 1.29 is 4.42 Å². The first-order valence-corrected chi connectivity index (χ1v) is 5.09. The van der Waals surface area contributed by atoms with E-state index in [9.17, 15) is 0 Å². The summed E-state index contributed by atoms with van der Waals surface area (Å²) in [6, 6.07) is 9.30. The number of aromatic nitrogens is 2. The van der Waals surface area contributed by atoms with E-state index in [1.54, 1.807) is 6.07 Å². The number of furan rings is 1. The SMILES string of the molecule is Clc1ncnc2ccc(-c3cc[c]o3)cc12. The Morgan fingerprint density at radius 1 is 1.19 bits per heavy atom. The van der Waals surface area contributed by atoms with E-state index >= 15 is 0 Å². The van der Waals surface area contributed by atoms with E-state index in [2.05, 4.69) is 16.2 Å². The molecule has 1 radical (unpaired) electrons. The first kappa shape index (κ1) is 9.36. The third-order valence-corrected chi connectivity index (χ3v) is 2.64. The number of hydrogen-bond acceptors (Lipinski definition) is 3. The maximum Gasteiger partial charge on any atom is 0.170 e. The van der Waals surface area contributed by atoms with Gasteiger partial charge in [0.05, 0.1) is 5.52 Å². The maximum atomic E-state index is 6.00. The molecule has 77 valence electrons. The third kappa shape index (κ3) is 1.46. The Balaban J connectivity index is 2.27. The first-order valence-electron chi connectivity index (χ1n) is 4.71. The van der Waals surface area contributed by atoms with Crippen molar-refractivity contribution in [3.8, 4) is 11.3 Å². The van der Waals surface area contributed by atoms with Crippen molar-refractivity contribution in [2.75, 3.05) is 0 Å². The molecule has 4 heteroatoms. The van der Waals surface area contributed by atoms with Crippen LogP contribution in [-0.4, -0.2) is 9.97 Å². The van der Waals surface area contributed by atoms with E-state index in [1.165, 1.54) is 6.33 Å². The molecule has 0 bridgehead atoms. The number of benzene rings is 1. The fraction of sp³-hybridized carbons (Fsp3) is 0. The van der Waals surface area contributed by atoms with Crippen molar-refractivity contribution in [1.82, 2.24) is 9.97 Å². The predicted molar refractivity (Wildman–Crippen MR) is 61.1 cm³/mol. The molecule has 3 nitrogen and oxygen atoms in total. The summed E-state index contributed by atoms with van der Waals surface area (Å²) < 4.78 is 5.20. The zero-order valence-corrected chi connectivity index (χ0v) is 8.90. The highest BCUT2D eigenvalue weighted by Crippen LogP contribution is 2.26. The molecule has 0 aliphatic rings. The first-order chi connectivity index (χ1) is 7.84. The normalized spacial score (nSPS) is 10.8. The molecule has 3 rings (SSSR count). The van der Waals surface area contributed by atoms with E-state index in [1.807, 2.05) is 24.3 Å². The molecule has 0 atom stereocenters. The lowest BCUT2D eigenvalue weighted by Gasteiger charge is -2.01. The summed E-state index contributed by atoms with van der Waals surface area (Å²) in [5.74, 6) is 0.752. The second-order valence-electron chi connectivity index (χ2n) is 3.31. The summed E-state index contributed by atoms with van der Waals surface area (Å²) in [4.78, 5) is 8.08. The lowest BCUT2D eigenvalue weighted by Crippen LogP contribution is -1.84. The summed E-state index contributed by atoms with van der Waals surface area (Å²) >= 11 is 6.00. The minimum Gasteiger partial charge on any atom is -0.453 e. The van der Waals surface area contributed by atoms with Gasteiger partial charge in [0, 0.05) is 10.9 Å². The van der Waals surface area contributed by atoms with Gasteiger partial charge in [0.1, 0.15) is 17.2 Å². The standard InChI is InChI=1S/C12H6ClN2O/c13-12-9-6-8(11-2-1-5-16-11)3-4-10(9)14-7-15-12/h1-4,6-7H. The summed E-state index contributed by atoms with van der Waals surface area (Å²) in [6.07, 6.45) is 4.10. The van der Waals surface area contributed by atoms with Gasteiger partial charge >= 0.3 is 0 Å². The van der Waals surface area contributed by atoms with Gasteiger partial charge < -0.3 is 4.42 Å². The topological polar surface area (TPSA) is 38.9 Å². The van der Waals surface area contributed by atoms with Crippen LogP contribution in [0.4, 0.5) is 0 Å². The summed E-state index contributed by atoms with van der Waals surface area (Å²) in [7, 11) is 0.